The van der Waals surface area contributed by atoms with Crippen LogP contribution >= 0.6 is 11.3 Å². The van der Waals surface area contributed by atoms with Crippen molar-refractivity contribution in [2.75, 3.05) is 19.7 Å². The van der Waals surface area contributed by atoms with Crippen LogP contribution in [-0.2, 0) is 0 Å². The minimum absolute atomic E-state index is 0.269. The number of hydrogen-bond acceptors (Lipinski definition) is 4. The molecule has 1 saturated carbocycles. The monoisotopic (exact) mass is 254 g/mol. The average Bonchev–Trinajstić information content (AvgIpc) is 2.77. The smallest absolute Gasteiger partial charge is 0.0566 e. The third-order valence-electron chi connectivity index (χ3n) is 3.61. The highest BCUT2D eigenvalue weighted by molar-refractivity contribution is 7.10. The van der Waals surface area contributed by atoms with E-state index in [1.54, 1.807) is 11.3 Å². The summed E-state index contributed by atoms with van der Waals surface area (Å²) < 4.78 is 0. The van der Waals surface area contributed by atoms with Gasteiger partial charge in [-0.1, -0.05) is 12.5 Å². The number of aliphatic hydroxyl groups excluding tert-OH is 1. The van der Waals surface area contributed by atoms with Crippen molar-refractivity contribution in [1.82, 2.24) is 4.90 Å². The van der Waals surface area contributed by atoms with E-state index in [1.165, 1.54) is 24.1 Å². The van der Waals surface area contributed by atoms with Crippen LogP contribution in [0, 0.1) is 0 Å². The van der Waals surface area contributed by atoms with E-state index in [2.05, 4.69) is 22.4 Å². The fourth-order valence-corrected chi connectivity index (χ4v) is 3.32. The number of nitrogens with zero attached hydrogens (tertiary/aromatic N) is 1. The van der Waals surface area contributed by atoms with Gasteiger partial charge in [0.25, 0.3) is 0 Å². The molecule has 96 valence electrons. The molecule has 0 aliphatic heterocycles. The molecule has 3 nitrogen and oxygen atoms in total. The largest absolute Gasteiger partial charge is 0.396 e. The highest BCUT2D eigenvalue weighted by atomic mass is 32.1. The third-order valence-corrected chi connectivity index (χ3v) is 4.59. The predicted molar refractivity (Wildman–Crippen MR) is 72.2 cm³/mol. The molecule has 17 heavy (non-hydrogen) atoms. The number of nitrogens with two attached hydrogens (primary N) is 1. The van der Waals surface area contributed by atoms with Crippen LogP contribution in [0.3, 0.4) is 0 Å². The van der Waals surface area contributed by atoms with Crippen LogP contribution in [0.5, 0.6) is 0 Å². The number of rotatable bonds is 7. The maximum atomic E-state index is 9.02. The molecule has 1 aromatic rings. The summed E-state index contributed by atoms with van der Waals surface area (Å²) in [5.41, 5.74) is 5.96. The van der Waals surface area contributed by atoms with Crippen molar-refractivity contribution in [3.63, 3.8) is 0 Å². The Morgan fingerprint density at radius 1 is 1.53 bits per heavy atom. The van der Waals surface area contributed by atoms with E-state index in [-0.39, 0.29) is 6.61 Å². The highest BCUT2D eigenvalue weighted by Crippen LogP contribution is 2.33. The molecular formula is C13H22N2OS. The molecule has 0 saturated heterocycles. The Balaban J connectivity index is 2.05. The zero-order chi connectivity index (χ0) is 12.1. The van der Waals surface area contributed by atoms with Gasteiger partial charge in [-0.05, 0) is 30.7 Å². The van der Waals surface area contributed by atoms with Gasteiger partial charge in [-0.2, -0.15) is 0 Å². The minimum atomic E-state index is 0.269. The van der Waals surface area contributed by atoms with Crippen molar-refractivity contribution in [2.45, 2.75) is 37.8 Å². The van der Waals surface area contributed by atoms with E-state index in [1.807, 2.05) is 0 Å². The first-order chi connectivity index (χ1) is 8.36. The molecule has 1 aliphatic carbocycles. The van der Waals surface area contributed by atoms with Crippen molar-refractivity contribution in [2.24, 2.45) is 5.73 Å². The SMILES string of the molecule is NCC(c1cccs1)N(CCCO)C1CCC1. The molecule has 0 spiro atoms. The van der Waals surface area contributed by atoms with E-state index >= 15 is 0 Å². The molecule has 1 aromatic heterocycles. The van der Waals surface area contributed by atoms with E-state index < -0.39 is 0 Å². The second kappa shape index (κ2) is 6.50. The van der Waals surface area contributed by atoms with Gasteiger partial charge in [0.1, 0.15) is 0 Å². The molecule has 1 unspecified atom stereocenters. The van der Waals surface area contributed by atoms with Crippen molar-refractivity contribution in [3.05, 3.63) is 22.4 Å². The molecule has 1 atom stereocenters. The number of hydrogen-bond donors (Lipinski definition) is 2. The zero-order valence-electron chi connectivity index (χ0n) is 10.2. The maximum absolute atomic E-state index is 9.02. The minimum Gasteiger partial charge on any atom is -0.396 e. The van der Waals surface area contributed by atoms with Gasteiger partial charge in [0, 0.05) is 30.6 Å². The fraction of sp³-hybridized carbons (Fsp3) is 0.692. The zero-order valence-corrected chi connectivity index (χ0v) is 11.0. The Hall–Kier alpha value is -0.420. The summed E-state index contributed by atoms with van der Waals surface area (Å²) in [6, 6.07) is 5.28. The third kappa shape index (κ3) is 3.07. The van der Waals surface area contributed by atoms with E-state index in [0.29, 0.717) is 18.6 Å². The van der Waals surface area contributed by atoms with Crippen LogP contribution < -0.4 is 5.73 Å². The summed E-state index contributed by atoms with van der Waals surface area (Å²) in [7, 11) is 0. The molecule has 0 amide bonds. The lowest BCUT2D eigenvalue weighted by Crippen LogP contribution is -2.45. The normalized spacial score (nSPS) is 18.3. The first-order valence-electron chi connectivity index (χ1n) is 6.47. The molecule has 1 aliphatic rings. The average molecular weight is 254 g/mol. The second-order valence-corrected chi connectivity index (χ2v) is 5.65. The lowest BCUT2D eigenvalue weighted by atomic mass is 9.90. The van der Waals surface area contributed by atoms with Crippen LogP contribution in [0.4, 0.5) is 0 Å². The van der Waals surface area contributed by atoms with Crippen LogP contribution in [0.15, 0.2) is 17.5 Å². The van der Waals surface area contributed by atoms with E-state index in [4.69, 9.17) is 10.8 Å². The van der Waals surface area contributed by atoms with Gasteiger partial charge >= 0.3 is 0 Å². The second-order valence-electron chi connectivity index (χ2n) is 4.67. The Morgan fingerprint density at radius 3 is 2.82 bits per heavy atom. The summed E-state index contributed by atoms with van der Waals surface area (Å²) >= 11 is 1.79. The molecule has 0 radical (unpaired) electrons. The van der Waals surface area contributed by atoms with Gasteiger partial charge in [0.15, 0.2) is 0 Å². The first-order valence-corrected chi connectivity index (χ1v) is 7.35. The molecule has 4 heteroatoms. The quantitative estimate of drug-likeness (QED) is 0.782. The summed E-state index contributed by atoms with van der Waals surface area (Å²) in [5, 5.41) is 11.1. The molecule has 0 aromatic carbocycles. The van der Waals surface area contributed by atoms with Crippen molar-refractivity contribution in [3.8, 4) is 0 Å². The summed E-state index contributed by atoms with van der Waals surface area (Å²) in [4.78, 5) is 3.86. The number of aliphatic hydroxyl groups is 1. The molecular weight excluding hydrogens is 232 g/mol. The molecule has 1 fully saturated rings. The Bertz CT molecular complexity index is 311. The highest BCUT2D eigenvalue weighted by Gasteiger charge is 2.30. The number of thiophene rings is 1. The summed E-state index contributed by atoms with van der Waals surface area (Å²) in [6.07, 6.45) is 4.75. The lowest BCUT2D eigenvalue weighted by Gasteiger charge is -2.42. The first kappa shape index (κ1) is 13.0. The fourth-order valence-electron chi connectivity index (χ4n) is 2.46. The van der Waals surface area contributed by atoms with Crippen LogP contribution in [0.1, 0.15) is 36.6 Å². The van der Waals surface area contributed by atoms with Crippen LogP contribution in [-0.4, -0.2) is 35.7 Å². The van der Waals surface area contributed by atoms with Gasteiger partial charge < -0.3 is 10.8 Å². The summed E-state index contributed by atoms with van der Waals surface area (Å²) in [6.45, 7) is 1.90. The van der Waals surface area contributed by atoms with Crippen LogP contribution in [0.25, 0.3) is 0 Å². The molecule has 0 bridgehead atoms. The Labute approximate surface area is 107 Å². The molecule has 2 rings (SSSR count). The standard InChI is InChI=1S/C13H22N2OS/c14-10-12(13-6-2-9-17-13)15(7-3-8-16)11-4-1-5-11/h2,6,9,11-12,16H,1,3-5,7-8,10,14H2. The van der Waals surface area contributed by atoms with Gasteiger partial charge in [0.2, 0.25) is 0 Å². The van der Waals surface area contributed by atoms with E-state index in [9.17, 15) is 0 Å². The van der Waals surface area contributed by atoms with Gasteiger partial charge in [0.05, 0.1) is 6.04 Å². The van der Waals surface area contributed by atoms with Gasteiger partial charge in [-0.15, -0.1) is 11.3 Å². The van der Waals surface area contributed by atoms with E-state index in [0.717, 1.165) is 13.0 Å². The van der Waals surface area contributed by atoms with Crippen molar-refractivity contribution < 1.29 is 5.11 Å². The molecule has 3 N–H and O–H groups in total. The van der Waals surface area contributed by atoms with Crippen molar-refractivity contribution in [1.29, 1.82) is 0 Å². The molecule has 1 heterocycles. The predicted octanol–water partition coefficient (Wildman–Crippen LogP) is 1.98. The lowest BCUT2D eigenvalue weighted by molar-refractivity contribution is 0.0758. The topological polar surface area (TPSA) is 49.5 Å². The Morgan fingerprint density at radius 2 is 2.35 bits per heavy atom. The van der Waals surface area contributed by atoms with Gasteiger partial charge in [-0.3, -0.25) is 4.90 Å². The van der Waals surface area contributed by atoms with Crippen LogP contribution in [0.2, 0.25) is 0 Å². The maximum Gasteiger partial charge on any atom is 0.0566 e. The van der Waals surface area contributed by atoms with Crippen molar-refractivity contribution >= 4 is 11.3 Å². The summed E-state index contributed by atoms with van der Waals surface area (Å²) in [5.74, 6) is 0. The Kier molecular flexibility index (Phi) is 4.98. The van der Waals surface area contributed by atoms with Gasteiger partial charge in [-0.25, -0.2) is 0 Å².